The molecule has 108 valence electrons. The maximum absolute atomic E-state index is 5.48. The summed E-state index contributed by atoms with van der Waals surface area (Å²) in [6, 6.07) is 1.79. The van der Waals surface area contributed by atoms with Crippen LogP contribution in [0.1, 0.15) is 31.7 Å². The van der Waals surface area contributed by atoms with E-state index in [1.54, 1.807) is 24.1 Å². The van der Waals surface area contributed by atoms with Crippen LogP contribution in [0.15, 0.2) is 18.5 Å². The Bertz CT molecular complexity index is 568. The molecule has 2 heterocycles. The molecule has 2 rings (SSSR count). The number of rotatable bonds is 6. The van der Waals surface area contributed by atoms with Crippen LogP contribution in [0.3, 0.4) is 0 Å². The average molecular weight is 276 g/mol. The second kappa shape index (κ2) is 6.44. The lowest BCUT2D eigenvalue weighted by Crippen LogP contribution is -2.13. The molecular formula is C13H20N6O. The number of methoxy groups -OCH3 is 1. The van der Waals surface area contributed by atoms with Crippen molar-refractivity contribution in [3.05, 3.63) is 24.3 Å². The summed E-state index contributed by atoms with van der Waals surface area (Å²) < 4.78 is 7.19. The molecule has 0 aliphatic heterocycles. The van der Waals surface area contributed by atoms with Crippen molar-refractivity contribution < 1.29 is 4.74 Å². The molecule has 2 aromatic heterocycles. The first-order valence-corrected chi connectivity index (χ1v) is 6.55. The SMILES string of the molecule is CCCC(OC)c1nc(NN)cc(-c2cnn(C)c2)n1. The van der Waals surface area contributed by atoms with Gasteiger partial charge in [-0.25, -0.2) is 15.8 Å². The van der Waals surface area contributed by atoms with E-state index in [4.69, 9.17) is 10.6 Å². The van der Waals surface area contributed by atoms with Gasteiger partial charge in [0.1, 0.15) is 11.9 Å². The summed E-state index contributed by atoms with van der Waals surface area (Å²) in [6.07, 6.45) is 5.37. The van der Waals surface area contributed by atoms with Crippen LogP contribution in [0, 0.1) is 0 Å². The Hall–Kier alpha value is -1.99. The molecule has 0 aromatic carbocycles. The summed E-state index contributed by atoms with van der Waals surface area (Å²) in [5.74, 6) is 6.67. The van der Waals surface area contributed by atoms with E-state index in [1.165, 1.54) is 0 Å². The molecule has 1 atom stereocenters. The van der Waals surface area contributed by atoms with Crippen molar-refractivity contribution in [2.24, 2.45) is 12.9 Å². The van der Waals surface area contributed by atoms with Crippen LogP contribution in [0.4, 0.5) is 5.82 Å². The monoisotopic (exact) mass is 276 g/mol. The van der Waals surface area contributed by atoms with Crippen LogP contribution in [0.2, 0.25) is 0 Å². The molecule has 7 nitrogen and oxygen atoms in total. The Balaban J connectivity index is 2.42. The summed E-state index contributed by atoms with van der Waals surface area (Å²) in [6.45, 7) is 2.10. The zero-order chi connectivity index (χ0) is 14.5. The molecular weight excluding hydrogens is 256 g/mol. The minimum absolute atomic E-state index is 0.135. The lowest BCUT2D eigenvalue weighted by atomic mass is 10.2. The molecule has 0 fully saturated rings. The third kappa shape index (κ3) is 3.12. The van der Waals surface area contributed by atoms with E-state index in [9.17, 15) is 0 Å². The lowest BCUT2D eigenvalue weighted by Gasteiger charge is -2.14. The van der Waals surface area contributed by atoms with E-state index in [1.807, 2.05) is 13.2 Å². The van der Waals surface area contributed by atoms with Gasteiger partial charge in [-0.05, 0) is 6.42 Å². The summed E-state index contributed by atoms with van der Waals surface area (Å²) in [4.78, 5) is 8.94. The maximum Gasteiger partial charge on any atom is 0.160 e. The van der Waals surface area contributed by atoms with Crippen LogP contribution in [-0.2, 0) is 11.8 Å². The minimum Gasteiger partial charge on any atom is -0.373 e. The van der Waals surface area contributed by atoms with Crippen molar-refractivity contribution in [1.82, 2.24) is 19.7 Å². The number of nitrogen functional groups attached to an aromatic ring is 1. The fourth-order valence-corrected chi connectivity index (χ4v) is 2.00. The predicted octanol–water partition coefficient (Wildman–Crippen LogP) is 1.65. The molecule has 0 bridgehead atoms. The first kappa shape index (κ1) is 14.4. The molecule has 0 saturated heterocycles. The smallest absolute Gasteiger partial charge is 0.160 e. The number of anilines is 1. The normalized spacial score (nSPS) is 12.4. The second-order valence-electron chi connectivity index (χ2n) is 4.56. The molecule has 0 saturated carbocycles. The van der Waals surface area contributed by atoms with Gasteiger partial charge >= 0.3 is 0 Å². The first-order chi connectivity index (χ1) is 9.67. The van der Waals surface area contributed by atoms with E-state index < -0.39 is 0 Å². The Kier molecular flexibility index (Phi) is 4.65. The molecule has 3 N–H and O–H groups in total. The standard InChI is InChI=1S/C13H20N6O/c1-4-5-11(20-3)13-16-10(6-12(17-13)18-14)9-7-15-19(2)8-9/h6-8,11H,4-5,14H2,1-3H3,(H,16,17,18). The molecule has 2 aromatic rings. The third-order valence-electron chi connectivity index (χ3n) is 3.02. The molecule has 7 heteroatoms. The molecule has 20 heavy (non-hydrogen) atoms. The van der Waals surface area contributed by atoms with Gasteiger partial charge in [-0.15, -0.1) is 0 Å². The molecule has 0 radical (unpaired) electrons. The van der Waals surface area contributed by atoms with Gasteiger partial charge in [0, 0.05) is 32.0 Å². The Morgan fingerprint density at radius 2 is 2.25 bits per heavy atom. The van der Waals surface area contributed by atoms with E-state index in [-0.39, 0.29) is 6.10 Å². The fraction of sp³-hybridized carbons (Fsp3) is 0.462. The van der Waals surface area contributed by atoms with E-state index in [0.29, 0.717) is 11.6 Å². The van der Waals surface area contributed by atoms with Gasteiger partial charge < -0.3 is 10.2 Å². The number of aryl methyl sites for hydroxylation is 1. The van der Waals surface area contributed by atoms with Crippen molar-refractivity contribution in [3.8, 4) is 11.3 Å². The summed E-state index contributed by atoms with van der Waals surface area (Å²) in [7, 11) is 3.53. The van der Waals surface area contributed by atoms with Crippen molar-refractivity contribution >= 4 is 5.82 Å². The number of nitrogens with zero attached hydrogens (tertiary/aromatic N) is 4. The number of aromatic nitrogens is 4. The largest absolute Gasteiger partial charge is 0.373 e. The van der Waals surface area contributed by atoms with Crippen LogP contribution in [-0.4, -0.2) is 26.9 Å². The highest BCUT2D eigenvalue weighted by molar-refractivity contribution is 5.60. The molecule has 0 spiro atoms. The number of hydrogen-bond acceptors (Lipinski definition) is 6. The van der Waals surface area contributed by atoms with E-state index in [2.05, 4.69) is 27.4 Å². The summed E-state index contributed by atoms with van der Waals surface area (Å²) in [5.41, 5.74) is 4.26. The van der Waals surface area contributed by atoms with Crippen molar-refractivity contribution in [3.63, 3.8) is 0 Å². The van der Waals surface area contributed by atoms with Crippen molar-refractivity contribution in [2.45, 2.75) is 25.9 Å². The maximum atomic E-state index is 5.48. The van der Waals surface area contributed by atoms with E-state index in [0.717, 1.165) is 24.1 Å². The highest BCUT2D eigenvalue weighted by Crippen LogP contribution is 2.24. The molecule has 0 aliphatic rings. The molecule has 0 amide bonds. The highest BCUT2D eigenvalue weighted by Gasteiger charge is 2.16. The van der Waals surface area contributed by atoms with Gasteiger partial charge in [0.25, 0.3) is 0 Å². The van der Waals surface area contributed by atoms with Crippen LogP contribution < -0.4 is 11.3 Å². The van der Waals surface area contributed by atoms with Gasteiger partial charge in [-0.2, -0.15) is 5.10 Å². The number of nitrogens with two attached hydrogens (primary N) is 1. The molecule has 0 aliphatic carbocycles. The number of ether oxygens (including phenoxy) is 1. The van der Waals surface area contributed by atoms with Crippen LogP contribution in [0.5, 0.6) is 0 Å². The molecule has 1 unspecified atom stereocenters. The second-order valence-corrected chi connectivity index (χ2v) is 4.56. The zero-order valence-electron chi connectivity index (χ0n) is 12.0. The van der Waals surface area contributed by atoms with Crippen LogP contribution >= 0.6 is 0 Å². The third-order valence-corrected chi connectivity index (χ3v) is 3.02. The minimum atomic E-state index is -0.135. The number of nitrogens with one attached hydrogen (secondary N) is 1. The van der Waals surface area contributed by atoms with Gasteiger partial charge in [0.2, 0.25) is 0 Å². The Morgan fingerprint density at radius 3 is 2.80 bits per heavy atom. The van der Waals surface area contributed by atoms with Crippen molar-refractivity contribution in [2.75, 3.05) is 12.5 Å². The van der Waals surface area contributed by atoms with Crippen LogP contribution in [0.25, 0.3) is 11.3 Å². The zero-order valence-corrected chi connectivity index (χ0v) is 12.0. The first-order valence-electron chi connectivity index (χ1n) is 6.55. The Labute approximate surface area is 118 Å². The number of hydrogen-bond donors (Lipinski definition) is 2. The van der Waals surface area contributed by atoms with Gasteiger partial charge in [-0.1, -0.05) is 13.3 Å². The average Bonchev–Trinajstić information content (AvgIpc) is 2.90. The topological polar surface area (TPSA) is 90.9 Å². The predicted molar refractivity (Wildman–Crippen MR) is 76.7 cm³/mol. The summed E-state index contributed by atoms with van der Waals surface area (Å²) in [5, 5.41) is 4.15. The number of hydrazine groups is 1. The van der Waals surface area contributed by atoms with Gasteiger partial charge in [0.15, 0.2) is 5.82 Å². The Morgan fingerprint density at radius 1 is 1.45 bits per heavy atom. The van der Waals surface area contributed by atoms with E-state index >= 15 is 0 Å². The summed E-state index contributed by atoms with van der Waals surface area (Å²) >= 11 is 0. The highest BCUT2D eigenvalue weighted by atomic mass is 16.5. The lowest BCUT2D eigenvalue weighted by molar-refractivity contribution is 0.0878. The quantitative estimate of drug-likeness (QED) is 0.616. The van der Waals surface area contributed by atoms with Crippen molar-refractivity contribution in [1.29, 1.82) is 0 Å². The van der Waals surface area contributed by atoms with Gasteiger partial charge in [-0.3, -0.25) is 4.68 Å². The fourth-order valence-electron chi connectivity index (χ4n) is 2.00. The van der Waals surface area contributed by atoms with Gasteiger partial charge in [0.05, 0.1) is 11.9 Å².